The molecule has 1 aliphatic heterocycles. The van der Waals surface area contributed by atoms with E-state index in [9.17, 15) is 9.59 Å². The largest absolute Gasteiger partial charge is 0.466 e. The van der Waals surface area contributed by atoms with Crippen LogP contribution < -0.4 is 5.32 Å². The lowest BCUT2D eigenvalue weighted by atomic mass is 9.79. The Labute approximate surface area is 125 Å². The molecule has 114 valence electrons. The van der Waals surface area contributed by atoms with Gasteiger partial charge in [0, 0.05) is 12.0 Å². The monoisotopic (exact) mass is 289 g/mol. The lowest BCUT2D eigenvalue weighted by molar-refractivity contribution is -0.144. The number of amides is 1. The van der Waals surface area contributed by atoms with E-state index in [0.717, 1.165) is 5.56 Å². The molecule has 1 aromatic carbocycles. The van der Waals surface area contributed by atoms with Gasteiger partial charge in [-0.1, -0.05) is 44.2 Å². The molecule has 1 amide bonds. The molecule has 1 aromatic rings. The highest BCUT2D eigenvalue weighted by atomic mass is 16.5. The van der Waals surface area contributed by atoms with E-state index >= 15 is 0 Å². The predicted molar refractivity (Wildman–Crippen MR) is 80.7 cm³/mol. The lowest BCUT2D eigenvalue weighted by Gasteiger charge is -2.24. The molecule has 0 radical (unpaired) electrons. The van der Waals surface area contributed by atoms with Crippen molar-refractivity contribution in [1.82, 2.24) is 5.32 Å². The van der Waals surface area contributed by atoms with Crippen molar-refractivity contribution in [2.24, 2.45) is 11.8 Å². The fourth-order valence-corrected chi connectivity index (χ4v) is 3.14. The fraction of sp³-hybridized carbons (Fsp3) is 0.529. The number of hydrogen-bond donors (Lipinski definition) is 1. The van der Waals surface area contributed by atoms with E-state index in [1.807, 2.05) is 30.3 Å². The second-order valence-corrected chi connectivity index (χ2v) is 5.84. The molecular formula is C17H23NO3. The molecular weight excluding hydrogens is 266 g/mol. The van der Waals surface area contributed by atoms with Gasteiger partial charge in [-0.25, -0.2) is 0 Å². The molecule has 0 aromatic heterocycles. The molecule has 1 aliphatic rings. The first kappa shape index (κ1) is 15.5. The van der Waals surface area contributed by atoms with Gasteiger partial charge in [-0.3, -0.25) is 9.59 Å². The minimum Gasteiger partial charge on any atom is -0.466 e. The van der Waals surface area contributed by atoms with Crippen molar-refractivity contribution in [3.05, 3.63) is 35.9 Å². The average Bonchev–Trinajstić information content (AvgIpc) is 2.77. The van der Waals surface area contributed by atoms with Crippen LogP contribution in [0.2, 0.25) is 0 Å². The summed E-state index contributed by atoms with van der Waals surface area (Å²) >= 11 is 0. The van der Waals surface area contributed by atoms with Gasteiger partial charge in [0.05, 0.1) is 18.9 Å². The molecule has 0 unspecified atom stereocenters. The van der Waals surface area contributed by atoms with Crippen LogP contribution in [-0.4, -0.2) is 24.5 Å². The van der Waals surface area contributed by atoms with Gasteiger partial charge in [-0.05, 0) is 18.4 Å². The minimum atomic E-state index is -0.275. The molecule has 3 atom stereocenters. The Hall–Kier alpha value is -1.84. The van der Waals surface area contributed by atoms with Gasteiger partial charge in [0.2, 0.25) is 5.91 Å². The summed E-state index contributed by atoms with van der Waals surface area (Å²) in [4.78, 5) is 24.3. The molecule has 1 saturated heterocycles. The van der Waals surface area contributed by atoms with Crippen molar-refractivity contribution >= 4 is 11.9 Å². The number of carbonyl (C=O) groups excluding carboxylic acids is 2. The fourth-order valence-electron chi connectivity index (χ4n) is 3.14. The van der Waals surface area contributed by atoms with Crippen LogP contribution in [0.5, 0.6) is 0 Å². The SMILES string of the molecule is CCOC(=O)C[C@H]1[C@H](c2ccccc2)C(=O)N[C@H]1C(C)C. The second-order valence-electron chi connectivity index (χ2n) is 5.84. The van der Waals surface area contributed by atoms with Crippen LogP contribution in [0.25, 0.3) is 0 Å². The van der Waals surface area contributed by atoms with Crippen LogP contribution in [0.15, 0.2) is 30.3 Å². The summed E-state index contributed by atoms with van der Waals surface area (Å²) in [5, 5.41) is 3.05. The average molecular weight is 289 g/mol. The Morgan fingerprint density at radius 2 is 1.95 bits per heavy atom. The molecule has 0 spiro atoms. The minimum absolute atomic E-state index is 0.00659. The molecule has 1 fully saturated rings. The summed E-state index contributed by atoms with van der Waals surface area (Å²) < 4.78 is 5.07. The number of ether oxygens (including phenoxy) is 1. The highest BCUT2D eigenvalue weighted by Crippen LogP contribution is 2.38. The van der Waals surface area contributed by atoms with Gasteiger partial charge in [0.15, 0.2) is 0 Å². The predicted octanol–water partition coefficient (Wildman–Crippen LogP) is 2.49. The van der Waals surface area contributed by atoms with Crippen molar-refractivity contribution in [2.75, 3.05) is 6.61 Å². The van der Waals surface area contributed by atoms with Crippen molar-refractivity contribution in [3.8, 4) is 0 Å². The summed E-state index contributed by atoms with van der Waals surface area (Å²) in [5.41, 5.74) is 0.965. The first-order valence-corrected chi connectivity index (χ1v) is 7.55. The van der Waals surface area contributed by atoms with Crippen LogP contribution in [0, 0.1) is 11.8 Å². The van der Waals surface area contributed by atoms with E-state index in [0.29, 0.717) is 6.61 Å². The zero-order valence-electron chi connectivity index (χ0n) is 12.8. The smallest absolute Gasteiger partial charge is 0.306 e. The van der Waals surface area contributed by atoms with Gasteiger partial charge in [0.1, 0.15) is 0 Å². The van der Waals surface area contributed by atoms with Crippen molar-refractivity contribution < 1.29 is 14.3 Å². The van der Waals surface area contributed by atoms with E-state index in [1.54, 1.807) is 6.92 Å². The summed E-state index contributed by atoms with van der Waals surface area (Å²) in [5.74, 6) is -0.274. The molecule has 4 nitrogen and oxygen atoms in total. The number of carbonyl (C=O) groups is 2. The Kier molecular flexibility index (Phi) is 4.99. The Morgan fingerprint density at radius 1 is 1.29 bits per heavy atom. The summed E-state index contributed by atoms with van der Waals surface area (Å²) in [6, 6.07) is 9.68. The number of rotatable bonds is 5. The van der Waals surface area contributed by atoms with Gasteiger partial charge in [0.25, 0.3) is 0 Å². The molecule has 21 heavy (non-hydrogen) atoms. The van der Waals surface area contributed by atoms with Crippen LogP contribution in [0.1, 0.15) is 38.7 Å². The Balaban J connectivity index is 2.27. The molecule has 1 heterocycles. The summed E-state index contributed by atoms with van der Waals surface area (Å²) in [6.07, 6.45) is 0.273. The lowest BCUT2D eigenvalue weighted by Crippen LogP contribution is -2.35. The summed E-state index contributed by atoms with van der Waals surface area (Å²) in [7, 11) is 0. The quantitative estimate of drug-likeness (QED) is 0.847. The molecule has 0 saturated carbocycles. The third kappa shape index (κ3) is 3.43. The van der Waals surface area contributed by atoms with Gasteiger partial charge >= 0.3 is 5.97 Å². The summed E-state index contributed by atoms with van der Waals surface area (Å²) in [6.45, 7) is 6.30. The number of benzene rings is 1. The first-order chi connectivity index (χ1) is 10.0. The van der Waals surface area contributed by atoms with Gasteiger partial charge in [-0.15, -0.1) is 0 Å². The van der Waals surface area contributed by atoms with Crippen LogP contribution in [0.3, 0.4) is 0 Å². The number of nitrogens with one attached hydrogen (secondary N) is 1. The highest BCUT2D eigenvalue weighted by molar-refractivity contribution is 5.88. The molecule has 4 heteroatoms. The highest BCUT2D eigenvalue weighted by Gasteiger charge is 2.45. The molecule has 1 N–H and O–H groups in total. The second kappa shape index (κ2) is 6.74. The van der Waals surface area contributed by atoms with E-state index < -0.39 is 0 Å². The topological polar surface area (TPSA) is 55.4 Å². The van der Waals surface area contributed by atoms with E-state index in [2.05, 4.69) is 19.2 Å². The normalized spacial score (nSPS) is 25.0. The standard InChI is InChI=1S/C17H23NO3/c1-4-21-14(19)10-13-15(12-8-6-5-7-9-12)17(20)18-16(13)11(2)3/h5-9,11,13,15-16H,4,10H2,1-3H3,(H,18,20)/t13-,15-,16-/m0/s1. The molecule has 0 bridgehead atoms. The maximum atomic E-state index is 12.4. The van der Waals surface area contributed by atoms with E-state index in [-0.39, 0.29) is 42.1 Å². The third-order valence-electron chi connectivity index (χ3n) is 4.07. The van der Waals surface area contributed by atoms with Crippen LogP contribution in [0.4, 0.5) is 0 Å². The maximum absolute atomic E-state index is 12.4. The Bertz CT molecular complexity index is 498. The number of esters is 1. The van der Waals surface area contributed by atoms with Gasteiger partial charge < -0.3 is 10.1 Å². The zero-order valence-corrected chi connectivity index (χ0v) is 12.8. The molecule has 0 aliphatic carbocycles. The first-order valence-electron chi connectivity index (χ1n) is 7.55. The third-order valence-corrected chi connectivity index (χ3v) is 4.07. The molecule has 2 rings (SSSR count). The van der Waals surface area contributed by atoms with Gasteiger partial charge in [-0.2, -0.15) is 0 Å². The van der Waals surface area contributed by atoms with Crippen molar-refractivity contribution in [1.29, 1.82) is 0 Å². The van der Waals surface area contributed by atoms with Crippen LogP contribution >= 0.6 is 0 Å². The number of hydrogen-bond acceptors (Lipinski definition) is 3. The Morgan fingerprint density at radius 3 is 2.52 bits per heavy atom. The van der Waals surface area contributed by atoms with E-state index in [4.69, 9.17) is 4.74 Å². The van der Waals surface area contributed by atoms with E-state index in [1.165, 1.54) is 0 Å². The maximum Gasteiger partial charge on any atom is 0.306 e. The zero-order chi connectivity index (χ0) is 15.4. The van der Waals surface area contributed by atoms with Crippen LogP contribution in [-0.2, 0) is 14.3 Å². The van der Waals surface area contributed by atoms with Crippen molar-refractivity contribution in [3.63, 3.8) is 0 Å². The van der Waals surface area contributed by atoms with Crippen molar-refractivity contribution in [2.45, 2.75) is 39.2 Å².